The Hall–Kier alpha value is -3.50. The van der Waals surface area contributed by atoms with Crippen LogP contribution >= 0.6 is 0 Å². The standard InChI is InChI=1S/C22H22O10/c1-27-15-7-11(3-5-13(15)23)21(25)31-17-9-29-20-18(10-30-19(17)20)32-22(26)12-4-6-14(24)16(8-12)28-2/h3-8,17-20,23-24H,9-10H2,1-2H3/t17-,18-,19-,20-/m1/s1. The van der Waals surface area contributed by atoms with Crippen LogP contribution in [0.15, 0.2) is 36.4 Å². The Morgan fingerprint density at radius 2 is 1.19 bits per heavy atom. The number of carbonyl (C=O) groups excluding carboxylic acids is 2. The minimum absolute atomic E-state index is 0.0807. The maximum Gasteiger partial charge on any atom is 0.338 e. The molecule has 0 saturated carbocycles. The van der Waals surface area contributed by atoms with Crippen molar-refractivity contribution >= 4 is 11.9 Å². The van der Waals surface area contributed by atoms with Gasteiger partial charge in [0.05, 0.1) is 38.6 Å². The van der Waals surface area contributed by atoms with Crippen LogP contribution in [0.5, 0.6) is 23.0 Å². The van der Waals surface area contributed by atoms with Gasteiger partial charge in [-0.25, -0.2) is 9.59 Å². The van der Waals surface area contributed by atoms with Crippen LogP contribution in [0, 0.1) is 0 Å². The van der Waals surface area contributed by atoms with E-state index < -0.39 is 36.4 Å². The van der Waals surface area contributed by atoms with E-state index in [1.54, 1.807) is 0 Å². The molecule has 0 unspecified atom stereocenters. The van der Waals surface area contributed by atoms with E-state index in [1.165, 1.54) is 50.6 Å². The molecule has 0 aromatic heterocycles. The molecule has 0 aliphatic carbocycles. The minimum atomic E-state index is -0.690. The van der Waals surface area contributed by atoms with Crippen LogP contribution in [0.1, 0.15) is 20.7 Å². The zero-order valence-corrected chi connectivity index (χ0v) is 17.3. The van der Waals surface area contributed by atoms with Gasteiger partial charge in [0, 0.05) is 0 Å². The van der Waals surface area contributed by atoms with Gasteiger partial charge in [0.2, 0.25) is 0 Å². The van der Waals surface area contributed by atoms with Gasteiger partial charge in [0.15, 0.2) is 35.2 Å². The third kappa shape index (κ3) is 4.14. The lowest BCUT2D eigenvalue weighted by Gasteiger charge is -2.17. The average Bonchev–Trinajstić information content (AvgIpc) is 3.37. The quantitative estimate of drug-likeness (QED) is 0.632. The lowest BCUT2D eigenvalue weighted by atomic mass is 10.1. The maximum absolute atomic E-state index is 12.5. The SMILES string of the molecule is COc1cc(C(=O)O[C@@H]2CO[C@H]3[C@@H]2OC[C@H]3OC(=O)c2ccc(O)c(OC)c2)ccc1O. The number of fused-ring (bicyclic) bond motifs is 1. The first-order valence-corrected chi connectivity index (χ1v) is 9.80. The number of phenolic OH excluding ortho intramolecular Hbond substituents is 2. The fraction of sp³-hybridized carbons (Fsp3) is 0.364. The fourth-order valence-corrected chi connectivity index (χ4v) is 3.65. The molecule has 2 aromatic carbocycles. The third-order valence-corrected chi connectivity index (χ3v) is 5.31. The molecule has 10 nitrogen and oxygen atoms in total. The predicted octanol–water partition coefficient (Wildman–Crippen LogP) is 1.66. The van der Waals surface area contributed by atoms with Crippen LogP contribution in [-0.4, -0.2) is 74.0 Å². The predicted molar refractivity (Wildman–Crippen MR) is 107 cm³/mol. The Morgan fingerprint density at radius 3 is 1.56 bits per heavy atom. The third-order valence-electron chi connectivity index (χ3n) is 5.31. The zero-order chi connectivity index (χ0) is 22.8. The topological polar surface area (TPSA) is 130 Å². The van der Waals surface area contributed by atoms with Crippen molar-refractivity contribution < 1.29 is 48.2 Å². The minimum Gasteiger partial charge on any atom is -0.504 e. The van der Waals surface area contributed by atoms with Crippen LogP contribution in [0.2, 0.25) is 0 Å². The van der Waals surface area contributed by atoms with E-state index in [4.69, 9.17) is 28.4 Å². The average molecular weight is 446 g/mol. The van der Waals surface area contributed by atoms with E-state index in [2.05, 4.69) is 0 Å². The first kappa shape index (κ1) is 21.7. The van der Waals surface area contributed by atoms with Gasteiger partial charge >= 0.3 is 11.9 Å². The number of benzene rings is 2. The normalized spacial score (nSPS) is 23.9. The fourth-order valence-electron chi connectivity index (χ4n) is 3.65. The summed E-state index contributed by atoms with van der Waals surface area (Å²) in [7, 11) is 2.75. The summed E-state index contributed by atoms with van der Waals surface area (Å²) in [6.45, 7) is 0.161. The second-order valence-corrected chi connectivity index (χ2v) is 7.26. The molecule has 4 atom stereocenters. The summed E-state index contributed by atoms with van der Waals surface area (Å²) in [5.74, 6) is -1.15. The summed E-state index contributed by atoms with van der Waals surface area (Å²) < 4.78 is 32.4. The van der Waals surface area contributed by atoms with Gasteiger partial charge in [0.25, 0.3) is 0 Å². The van der Waals surface area contributed by atoms with Gasteiger partial charge in [0.1, 0.15) is 12.2 Å². The molecule has 170 valence electrons. The molecule has 2 aliphatic rings. The van der Waals surface area contributed by atoms with Gasteiger partial charge < -0.3 is 38.6 Å². The van der Waals surface area contributed by atoms with Crippen molar-refractivity contribution in [3.05, 3.63) is 47.5 Å². The van der Waals surface area contributed by atoms with Gasteiger partial charge in [-0.1, -0.05) is 0 Å². The molecule has 2 heterocycles. The summed E-state index contributed by atoms with van der Waals surface area (Å²) >= 11 is 0. The molecule has 32 heavy (non-hydrogen) atoms. The number of hydrogen-bond donors (Lipinski definition) is 2. The number of hydrogen-bond acceptors (Lipinski definition) is 10. The van der Waals surface area contributed by atoms with Gasteiger partial charge in [-0.3, -0.25) is 0 Å². The molecule has 2 N–H and O–H groups in total. The molecule has 4 rings (SSSR count). The summed E-state index contributed by atoms with van der Waals surface area (Å²) in [5.41, 5.74) is 0.399. The van der Waals surface area contributed by atoms with E-state index in [0.29, 0.717) is 0 Å². The Balaban J connectivity index is 1.38. The number of phenols is 2. The Morgan fingerprint density at radius 1 is 0.781 bits per heavy atom. The van der Waals surface area contributed by atoms with Gasteiger partial charge in [-0.2, -0.15) is 0 Å². The molecular formula is C22H22O10. The summed E-state index contributed by atoms with van der Waals surface area (Å²) in [5, 5.41) is 19.3. The molecule has 10 heteroatoms. The van der Waals surface area contributed by atoms with Gasteiger partial charge in [-0.15, -0.1) is 0 Å². The highest BCUT2D eigenvalue weighted by Crippen LogP contribution is 2.33. The van der Waals surface area contributed by atoms with Crippen molar-refractivity contribution in [1.82, 2.24) is 0 Å². The molecule has 0 spiro atoms. The molecule has 2 aliphatic heterocycles. The molecule has 0 radical (unpaired) electrons. The number of ether oxygens (including phenoxy) is 6. The van der Waals surface area contributed by atoms with E-state index in [-0.39, 0.29) is 47.3 Å². The lowest BCUT2D eigenvalue weighted by molar-refractivity contribution is -0.0287. The largest absolute Gasteiger partial charge is 0.504 e. The molecule has 2 aromatic rings. The highest BCUT2D eigenvalue weighted by molar-refractivity contribution is 5.91. The van der Waals surface area contributed by atoms with Crippen LogP contribution in [-0.2, 0) is 18.9 Å². The molecule has 2 saturated heterocycles. The highest BCUT2D eigenvalue weighted by Gasteiger charge is 2.51. The summed E-state index contributed by atoms with van der Waals surface area (Å²) in [6.07, 6.45) is -2.57. The Labute approximate surface area is 183 Å². The maximum atomic E-state index is 12.5. The van der Waals surface area contributed by atoms with E-state index >= 15 is 0 Å². The Kier molecular flexibility index (Phi) is 6.06. The summed E-state index contributed by atoms with van der Waals surface area (Å²) in [6, 6.07) is 8.25. The Bertz CT molecular complexity index is 938. The lowest BCUT2D eigenvalue weighted by Crippen LogP contribution is -2.36. The highest BCUT2D eigenvalue weighted by atomic mass is 16.7. The van der Waals surface area contributed by atoms with Crippen molar-refractivity contribution in [2.75, 3.05) is 27.4 Å². The van der Waals surface area contributed by atoms with Crippen LogP contribution in [0.4, 0.5) is 0 Å². The second kappa shape index (κ2) is 8.93. The number of aromatic hydroxyl groups is 2. The van der Waals surface area contributed by atoms with E-state index in [0.717, 1.165) is 0 Å². The zero-order valence-electron chi connectivity index (χ0n) is 17.3. The number of carbonyl (C=O) groups is 2. The van der Waals surface area contributed by atoms with E-state index in [9.17, 15) is 19.8 Å². The van der Waals surface area contributed by atoms with Gasteiger partial charge in [-0.05, 0) is 36.4 Å². The molecule has 0 amide bonds. The first-order valence-electron chi connectivity index (χ1n) is 9.80. The number of methoxy groups -OCH3 is 2. The van der Waals surface area contributed by atoms with Crippen molar-refractivity contribution in [3.8, 4) is 23.0 Å². The summed E-state index contributed by atoms with van der Waals surface area (Å²) in [4.78, 5) is 25.0. The number of rotatable bonds is 6. The first-order chi connectivity index (χ1) is 15.4. The molecular weight excluding hydrogens is 424 g/mol. The van der Waals surface area contributed by atoms with Crippen LogP contribution in [0.25, 0.3) is 0 Å². The van der Waals surface area contributed by atoms with Crippen LogP contribution < -0.4 is 9.47 Å². The smallest absolute Gasteiger partial charge is 0.338 e. The van der Waals surface area contributed by atoms with Crippen LogP contribution in [0.3, 0.4) is 0 Å². The van der Waals surface area contributed by atoms with Crippen molar-refractivity contribution in [2.24, 2.45) is 0 Å². The van der Waals surface area contributed by atoms with E-state index in [1.807, 2.05) is 0 Å². The van der Waals surface area contributed by atoms with Crippen molar-refractivity contribution in [1.29, 1.82) is 0 Å². The van der Waals surface area contributed by atoms with Crippen molar-refractivity contribution in [3.63, 3.8) is 0 Å². The monoisotopic (exact) mass is 446 g/mol. The molecule has 0 bridgehead atoms. The van der Waals surface area contributed by atoms with Crippen molar-refractivity contribution in [2.45, 2.75) is 24.4 Å². The second-order valence-electron chi connectivity index (χ2n) is 7.26. The number of esters is 2. The molecule has 2 fully saturated rings.